The van der Waals surface area contributed by atoms with Crippen LogP contribution in [0, 0.1) is 0 Å². The van der Waals surface area contributed by atoms with E-state index in [1.54, 1.807) is 0 Å². The molecular formula is C22H29N5. The van der Waals surface area contributed by atoms with E-state index in [0.717, 1.165) is 38.4 Å². The molecule has 3 aromatic rings. The average molecular weight is 364 g/mol. The van der Waals surface area contributed by atoms with Crippen molar-refractivity contribution in [3.05, 3.63) is 54.7 Å². The summed E-state index contributed by atoms with van der Waals surface area (Å²) in [6, 6.07) is 10.6. The Bertz CT molecular complexity index is 880. The van der Waals surface area contributed by atoms with Gasteiger partial charge in [0.1, 0.15) is 11.6 Å². The van der Waals surface area contributed by atoms with Gasteiger partial charge in [-0.25, -0.2) is 9.97 Å². The van der Waals surface area contributed by atoms with Gasteiger partial charge >= 0.3 is 0 Å². The zero-order chi connectivity index (χ0) is 18.6. The molecule has 2 aromatic heterocycles. The number of aryl methyl sites for hydroxylation is 1. The number of piperidine rings is 1. The first-order valence-electron chi connectivity index (χ1n) is 9.97. The number of hydrogen-bond donors (Lipinski definition) is 0. The number of fused-ring (bicyclic) bond motifs is 1. The van der Waals surface area contributed by atoms with Crippen LogP contribution >= 0.6 is 0 Å². The zero-order valence-corrected chi connectivity index (χ0v) is 16.4. The van der Waals surface area contributed by atoms with Gasteiger partial charge in [-0.2, -0.15) is 0 Å². The molecule has 1 saturated heterocycles. The molecule has 1 aliphatic rings. The van der Waals surface area contributed by atoms with E-state index in [-0.39, 0.29) is 0 Å². The van der Waals surface area contributed by atoms with Crippen LogP contribution in [0.5, 0.6) is 0 Å². The fourth-order valence-electron chi connectivity index (χ4n) is 4.16. The third-order valence-electron chi connectivity index (χ3n) is 5.49. The standard InChI is InChI=1S/C22H29N5/c1-25(2)13-6-15-26-16-12-24-21(26)19-8-5-14-27(17-19)22-20-9-4-3-7-18(20)10-11-23-22/h3-4,7,9-12,16,19H,5-6,8,13-15,17H2,1-2H3/t19-/m1/s1. The minimum atomic E-state index is 0.467. The molecule has 0 amide bonds. The highest BCUT2D eigenvalue weighted by molar-refractivity contribution is 5.92. The second kappa shape index (κ2) is 8.09. The van der Waals surface area contributed by atoms with Crippen molar-refractivity contribution in [2.45, 2.75) is 31.7 Å². The number of aromatic nitrogens is 3. The molecule has 1 fully saturated rings. The van der Waals surface area contributed by atoms with Gasteiger partial charge in [0.15, 0.2) is 0 Å². The van der Waals surface area contributed by atoms with Crippen molar-refractivity contribution in [2.75, 3.05) is 38.6 Å². The van der Waals surface area contributed by atoms with Gasteiger partial charge in [0, 0.05) is 49.5 Å². The first kappa shape index (κ1) is 18.0. The van der Waals surface area contributed by atoms with Crippen molar-refractivity contribution < 1.29 is 0 Å². The second-order valence-corrected chi connectivity index (χ2v) is 7.78. The summed E-state index contributed by atoms with van der Waals surface area (Å²) in [5.74, 6) is 2.82. The molecule has 0 unspecified atom stereocenters. The molecule has 0 saturated carbocycles. The number of nitrogens with zero attached hydrogens (tertiary/aromatic N) is 5. The van der Waals surface area contributed by atoms with Crippen molar-refractivity contribution >= 4 is 16.6 Å². The highest BCUT2D eigenvalue weighted by atomic mass is 15.2. The van der Waals surface area contributed by atoms with Crippen molar-refractivity contribution in [1.82, 2.24) is 19.4 Å². The summed E-state index contributed by atoms with van der Waals surface area (Å²) in [4.78, 5) is 14.2. The lowest BCUT2D eigenvalue weighted by Gasteiger charge is -2.34. The summed E-state index contributed by atoms with van der Waals surface area (Å²) < 4.78 is 2.36. The Balaban J connectivity index is 1.53. The topological polar surface area (TPSA) is 37.2 Å². The van der Waals surface area contributed by atoms with E-state index in [0.29, 0.717) is 5.92 Å². The number of pyridine rings is 1. The van der Waals surface area contributed by atoms with Crippen LogP contribution in [0.25, 0.3) is 10.8 Å². The van der Waals surface area contributed by atoms with Crippen molar-refractivity contribution in [3.8, 4) is 0 Å². The van der Waals surface area contributed by atoms with Crippen LogP contribution < -0.4 is 4.90 Å². The molecule has 5 heteroatoms. The first-order chi connectivity index (χ1) is 13.2. The minimum Gasteiger partial charge on any atom is -0.355 e. The molecule has 0 bridgehead atoms. The van der Waals surface area contributed by atoms with Crippen molar-refractivity contribution in [3.63, 3.8) is 0 Å². The smallest absolute Gasteiger partial charge is 0.136 e. The molecule has 4 rings (SSSR count). The van der Waals surface area contributed by atoms with Gasteiger partial charge in [0.05, 0.1) is 0 Å². The van der Waals surface area contributed by atoms with Crippen molar-refractivity contribution in [1.29, 1.82) is 0 Å². The summed E-state index contributed by atoms with van der Waals surface area (Å²) in [5.41, 5.74) is 0. The van der Waals surface area contributed by atoms with Gasteiger partial charge < -0.3 is 14.4 Å². The molecule has 0 radical (unpaired) electrons. The Hall–Kier alpha value is -2.40. The van der Waals surface area contributed by atoms with Crippen LogP contribution in [0.4, 0.5) is 5.82 Å². The molecule has 5 nitrogen and oxygen atoms in total. The molecule has 1 aromatic carbocycles. The Morgan fingerprint density at radius 1 is 1.11 bits per heavy atom. The van der Waals surface area contributed by atoms with Gasteiger partial charge in [0.25, 0.3) is 0 Å². The Kier molecular flexibility index (Phi) is 5.39. The first-order valence-corrected chi connectivity index (χ1v) is 9.97. The predicted octanol–water partition coefficient (Wildman–Crippen LogP) is 3.77. The largest absolute Gasteiger partial charge is 0.355 e. The number of rotatable bonds is 6. The molecule has 142 valence electrons. The fraction of sp³-hybridized carbons (Fsp3) is 0.455. The van der Waals surface area contributed by atoms with Gasteiger partial charge in [-0.1, -0.05) is 24.3 Å². The second-order valence-electron chi connectivity index (χ2n) is 7.78. The van der Waals surface area contributed by atoms with Crippen LogP contribution in [-0.2, 0) is 6.54 Å². The third-order valence-corrected chi connectivity index (χ3v) is 5.49. The van der Waals surface area contributed by atoms with Gasteiger partial charge in [-0.15, -0.1) is 0 Å². The van der Waals surface area contributed by atoms with Gasteiger partial charge in [-0.05, 0) is 51.4 Å². The Morgan fingerprint density at radius 3 is 2.89 bits per heavy atom. The third kappa shape index (κ3) is 3.98. The summed E-state index contributed by atoms with van der Waals surface area (Å²) in [6.07, 6.45) is 9.56. The molecule has 0 spiro atoms. The number of imidazole rings is 1. The highest BCUT2D eigenvalue weighted by Gasteiger charge is 2.26. The lowest BCUT2D eigenvalue weighted by molar-refractivity contribution is 0.380. The quantitative estimate of drug-likeness (QED) is 0.668. The Labute approximate surface area is 161 Å². The van der Waals surface area contributed by atoms with Gasteiger partial charge in [0.2, 0.25) is 0 Å². The van der Waals surface area contributed by atoms with Crippen LogP contribution in [-0.4, -0.2) is 53.2 Å². The SMILES string of the molecule is CN(C)CCCn1ccnc1[C@@H]1CCCN(c2nccc3ccccc23)C1. The normalized spacial score (nSPS) is 17.7. The van der Waals surface area contributed by atoms with Crippen LogP contribution in [0.2, 0.25) is 0 Å². The lowest BCUT2D eigenvalue weighted by atomic mass is 9.96. The van der Waals surface area contributed by atoms with Crippen LogP contribution in [0.3, 0.4) is 0 Å². The minimum absolute atomic E-state index is 0.467. The van der Waals surface area contributed by atoms with E-state index in [2.05, 4.69) is 65.0 Å². The summed E-state index contributed by atoms with van der Waals surface area (Å²) >= 11 is 0. The molecule has 0 aliphatic carbocycles. The number of hydrogen-bond acceptors (Lipinski definition) is 4. The fourth-order valence-corrected chi connectivity index (χ4v) is 4.16. The summed E-state index contributed by atoms with van der Waals surface area (Å²) in [7, 11) is 4.26. The summed E-state index contributed by atoms with van der Waals surface area (Å²) in [6.45, 7) is 4.20. The van der Waals surface area contributed by atoms with E-state index in [1.165, 1.54) is 29.4 Å². The maximum absolute atomic E-state index is 4.73. The average Bonchev–Trinajstić information content (AvgIpc) is 3.16. The molecule has 27 heavy (non-hydrogen) atoms. The number of anilines is 1. The van der Waals surface area contributed by atoms with E-state index in [4.69, 9.17) is 9.97 Å². The van der Waals surface area contributed by atoms with E-state index >= 15 is 0 Å². The molecule has 3 heterocycles. The Morgan fingerprint density at radius 2 is 2.00 bits per heavy atom. The van der Waals surface area contributed by atoms with E-state index < -0.39 is 0 Å². The molecule has 0 N–H and O–H groups in total. The van der Waals surface area contributed by atoms with E-state index in [9.17, 15) is 0 Å². The predicted molar refractivity (Wildman–Crippen MR) is 111 cm³/mol. The maximum Gasteiger partial charge on any atom is 0.136 e. The monoisotopic (exact) mass is 363 g/mol. The van der Waals surface area contributed by atoms with Crippen LogP contribution in [0.1, 0.15) is 31.0 Å². The lowest BCUT2D eigenvalue weighted by Crippen LogP contribution is -2.36. The van der Waals surface area contributed by atoms with Gasteiger partial charge in [-0.3, -0.25) is 0 Å². The maximum atomic E-state index is 4.73. The highest BCUT2D eigenvalue weighted by Crippen LogP contribution is 2.31. The number of benzene rings is 1. The zero-order valence-electron chi connectivity index (χ0n) is 16.4. The summed E-state index contributed by atoms with van der Waals surface area (Å²) in [5, 5.41) is 2.50. The molecule has 1 aliphatic heterocycles. The molecular weight excluding hydrogens is 334 g/mol. The van der Waals surface area contributed by atoms with Crippen LogP contribution in [0.15, 0.2) is 48.9 Å². The van der Waals surface area contributed by atoms with Crippen molar-refractivity contribution in [2.24, 2.45) is 0 Å². The van der Waals surface area contributed by atoms with E-state index in [1.807, 2.05) is 12.4 Å². The molecule has 1 atom stereocenters.